The van der Waals surface area contributed by atoms with Crippen molar-refractivity contribution >= 4 is 29.1 Å². The number of amides is 1. The minimum Gasteiger partial charge on any atom is -0.494 e. The summed E-state index contributed by atoms with van der Waals surface area (Å²) >= 11 is 1.47. The highest BCUT2D eigenvalue weighted by Gasteiger charge is 2.47. The van der Waals surface area contributed by atoms with Crippen molar-refractivity contribution in [3.63, 3.8) is 0 Å². The lowest BCUT2D eigenvalue weighted by Crippen LogP contribution is -2.44. The Labute approximate surface area is 169 Å². The number of aromatic nitrogens is 4. The molecule has 0 unspecified atom stereocenters. The lowest BCUT2D eigenvalue weighted by atomic mass is 10.2. The molecule has 1 aliphatic heterocycles. The predicted molar refractivity (Wildman–Crippen MR) is 104 cm³/mol. The van der Waals surface area contributed by atoms with Gasteiger partial charge in [0.2, 0.25) is 0 Å². The molecule has 1 aliphatic carbocycles. The highest BCUT2D eigenvalue weighted by Crippen LogP contribution is 2.42. The van der Waals surface area contributed by atoms with Gasteiger partial charge in [-0.25, -0.2) is 0 Å². The zero-order valence-electron chi connectivity index (χ0n) is 15.6. The van der Waals surface area contributed by atoms with E-state index in [2.05, 4.69) is 30.6 Å². The Kier molecular flexibility index (Phi) is 4.40. The summed E-state index contributed by atoms with van der Waals surface area (Å²) in [6, 6.07) is 5.43. The molecule has 3 aromatic rings. The summed E-state index contributed by atoms with van der Waals surface area (Å²) < 4.78 is 16.7. The smallest absolute Gasteiger partial charge is 0.322 e. The maximum atomic E-state index is 12.6. The van der Waals surface area contributed by atoms with Gasteiger partial charge in [-0.3, -0.25) is 10.1 Å². The highest BCUT2D eigenvalue weighted by atomic mass is 32.1. The number of carbonyl (C=O) groups is 1. The first kappa shape index (κ1) is 18.0. The summed E-state index contributed by atoms with van der Waals surface area (Å²) in [4.78, 5) is 15.6. The van der Waals surface area contributed by atoms with Crippen molar-refractivity contribution in [2.45, 2.75) is 18.4 Å². The van der Waals surface area contributed by atoms with Gasteiger partial charge in [-0.05, 0) is 24.3 Å². The maximum absolute atomic E-state index is 12.6. The molecule has 150 valence electrons. The third-order valence-corrected chi connectivity index (χ3v) is 5.80. The summed E-state index contributed by atoms with van der Waals surface area (Å²) in [5.41, 5.74) is 0.00283. The zero-order valence-corrected chi connectivity index (χ0v) is 16.4. The number of rotatable bonds is 5. The van der Waals surface area contributed by atoms with Crippen LogP contribution in [0.4, 0.5) is 11.8 Å². The minimum atomic E-state index is -0.539. The zero-order chi connectivity index (χ0) is 19.8. The molecule has 29 heavy (non-hydrogen) atoms. The molecule has 0 aromatic carbocycles. The van der Waals surface area contributed by atoms with E-state index in [1.54, 1.807) is 6.07 Å². The molecule has 1 saturated heterocycles. The summed E-state index contributed by atoms with van der Waals surface area (Å²) in [5, 5.41) is 20.6. The van der Waals surface area contributed by atoms with Crippen LogP contribution in [0.3, 0.4) is 0 Å². The van der Waals surface area contributed by atoms with Crippen LogP contribution in [0, 0.1) is 0 Å². The van der Waals surface area contributed by atoms with E-state index in [-0.39, 0.29) is 17.3 Å². The monoisotopic (exact) mass is 414 g/mol. The van der Waals surface area contributed by atoms with E-state index in [1.165, 1.54) is 18.4 Å². The molecule has 0 bridgehead atoms. The molecule has 2 fully saturated rings. The van der Waals surface area contributed by atoms with Crippen LogP contribution >= 0.6 is 11.3 Å². The second-order valence-corrected chi connectivity index (χ2v) is 7.86. The van der Waals surface area contributed by atoms with E-state index in [9.17, 15) is 4.79 Å². The number of methoxy groups -OCH3 is 1. The third kappa shape index (κ3) is 3.54. The van der Waals surface area contributed by atoms with Crippen LogP contribution in [0.5, 0.6) is 5.75 Å². The Balaban J connectivity index is 1.33. The van der Waals surface area contributed by atoms with Crippen molar-refractivity contribution in [1.82, 2.24) is 20.4 Å². The molecule has 0 radical (unpaired) electrons. The number of ether oxygens (including phenoxy) is 2. The van der Waals surface area contributed by atoms with Crippen LogP contribution in [0.2, 0.25) is 0 Å². The first-order valence-corrected chi connectivity index (χ1v) is 10.0. The Morgan fingerprint density at radius 2 is 2.21 bits per heavy atom. The normalized spacial score (nSPS) is 17.3. The van der Waals surface area contributed by atoms with E-state index in [0.29, 0.717) is 24.1 Å². The van der Waals surface area contributed by atoms with Gasteiger partial charge in [-0.15, -0.1) is 26.6 Å². The quantitative estimate of drug-likeness (QED) is 0.671. The minimum absolute atomic E-state index is 0.0183. The average Bonchev–Trinajstić information content (AvgIpc) is 3.16. The van der Waals surface area contributed by atoms with Gasteiger partial charge in [0.05, 0.1) is 24.2 Å². The van der Waals surface area contributed by atoms with Crippen LogP contribution in [0.1, 0.15) is 23.3 Å². The van der Waals surface area contributed by atoms with E-state index < -0.39 is 5.91 Å². The Morgan fingerprint density at radius 3 is 2.97 bits per heavy atom. The molecule has 1 spiro atoms. The van der Waals surface area contributed by atoms with Crippen molar-refractivity contribution in [2.75, 3.05) is 37.0 Å². The van der Waals surface area contributed by atoms with Crippen molar-refractivity contribution in [2.24, 2.45) is 0 Å². The van der Waals surface area contributed by atoms with Crippen LogP contribution < -0.4 is 15.0 Å². The molecular formula is C18H18N6O4S. The molecule has 1 N–H and O–H groups in total. The van der Waals surface area contributed by atoms with Gasteiger partial charge in [0, 0.05) is 19.2 Å². The molecule has 0 atom stereocenters. The standard InChI is InChI=1S/C18H18N6O4S/c1-26-11-9-13(24-6-7-27-18(10-24)4-5-18)20-21-14(11)15(25)19-17-23-22-16(28-17)12-3-2-8-29-12/h2-3,8-9H,4-7,10H2,1H3,(H,19,23,25). The van der Waals surface area contributed by atoms with Gasteiger partial charge >= 0.3 is 6.01 Å². The summed E-state index contributed by atoms with van der Waals surface area (Å²) in [5.74, 6) is 0.778. The molecule has 10 nitrogen and oxygen atoms in total. The molecule has 2 aliphatic rings. The van der Waals surface area contributed by atoms with Gasteiger partial charge in [-0.2, -0.15) is 0 Å². The van der Waals surface area contributed by atoms with Gasteiger partial charge in [0.25, 0.3) is 11.8 Å². The van der Waals surface area contributed by atoms with Crippen molar-refractivity contribution in [3.05, 3.63) is 29.3 Å². The largest absolute Gasteiger partial charge is 0.494 e. The molecular weight excluding hydrogens is 396 g/mol. The Bertz CT molecular complexity index is 1030. The lowest BCUT2D eigenvalue weighted by molar-refractivity contribution is 0.0203. The van der Waals surface area contributed by atoms with E-state index >= 15 is 0 Å². The van der Waals surface area contributed by atoms with Crippen LogP contribution in [-0.4, -0.2) is 58.7 Å². The first-order chi connectivity index (χ1) is 14.2. The fourth-order valence-electron chi connectivity index (χ4n) is 3.24. The van der Waals surface area contributed by atoms with E-state index in [1.807, 2.05) is 17.5 Å². The van der Waals surface area contributed by atoms with Gasteiger partial charge in [0.1, 0.15) is 0 Å². The SMILES string of the molecule is COc1cc(N2CCOC3(CC3)C2)nnc1C(=O)Nc1nnc(-c2cccs2)o1. The number of nitrogens with zero attached hydrogens (tertiary/aromatic N) is 5. The summed E-state index contributed by atoms with van der Waals surface area (Å²) in [7, 11) is 1.49. The second-order valence-electron chi connectivity index (χ2n) is 6.92. The Hall–Kier alpha value is -3.05. The second kappa shape index (κ2) is 7.08. The van der Waals surface area contributed by atoms with E-state index in [4.69, 9.17) is 13.9 Å². The van der Waals surface area contributed by atoms with Crippen molar-refractivity contribution in [3.8, 4) is 16.5 Å². The van der Waals surface area contributed by atoms with Crippen LogP contribution in [0.25, 0.3) is 10.8 Å². The van der Waals surface area contributed by atoms with E-state index in [0.717, 1.165) is 30.8 Å². The number of hydrogen-bond donors (Lipinski definition) is 1. The number of morpholine rings is 1. The predicted octanol–water partition coefficient (Wildman–Crippen LogP) is 2.22. The molecule has 5 rings (SSSR count). The fraction of sp³-hybridized carbons (Fsp3) is 0.389. The number of carbonyl (C=O) groups excluding carboxylic acids is 1. The third-order valence-electron chi connectivity index (χ3n) is 4.94. The molecule has 3 aromatic heterocycles. The highest BCUT2D eigenvalue weighted by molar-refractivity contribution is 7.13. The topological polar surface area (TPSA) is 116 Å². The van der Waals surface area contributed by atoms with Gasteiger partial charge < -0.3 is 18.8 Å². The van der Waals surface area contributed by atoms with Gasteiger partial charge in [-0.1, -0.05) is 11.2 Å². The average molecular weight is 414 g/mol. The molecule has 1 amide bonds. The molecule has 1 saturated carbocycles. The summed E-state index contributed by atoms with van der Waals surface area (Å²) in [6.07, 6.45) is 2.12. The fourth-order valence-corrected chi connectivity index (χ4v) is 3.89. The number of hydrogen-bond acceptors (Lipinski definition) is 10. The lowest BCUT2D eigenvalue weighted by Gasteiger charge is -2.33. The number of thiophene rings is 1. The number of nitrogens with one attached hydrogen (secondary N) is 1. The summed E-state index contributed by atoms with van der Waals surface area (Å²) in [6.45, 7) is 2.14. The van der Waals surface area contributed by atoms with Gasteiger partial charge in [0.15, 0.2) is 17.3 Å². The first-order valence-electron chi connectivity index (χ1n) is 9.15. The van der Waals surface area contributed by atoms with Crippen LogP contribution in [-0.2, 0) is 4.74 Å². The number of anilines is 2. The van der Waals surface area contributed by atoms with Crippen molar-refractivity contribution in [1.29, 1.82) is 0 Å². The Morgan fingerprint density at radius 1 is 1.31 bits per heavy atom. The van der Waals surface area contributed by atoms with Crippen molar-refractivity contribution < 1.29 is 18.7 Å². The maximum Gasteiger partial charge on any atom is 0.322 e. The van der Waals surface area contributed by atoms with Crippen LogP contribution in [0.15, 0.2) is 28.0 Å². The molecule has 11 heteroatoms. The molecule has 4 heterocycles.